The van der Waals surface area contributed by atoms with Crippen molar-refractivity contribution in [2.24, 2.45) is 17.3 Å². The molecule has 0 heterocycles. The van der Waals surface area contributed by atoms with Crippen molar-refractivity contribution in [3.05, 3.63) is 35.9 Å². The number of ether oxygens (including phenoxy) is 1. The molecule has 0 radical (unpaired) electrons. The van der Waals surface area contributed by atoms with Gasteiger partial charge in [-0.15, -0.1) is 0 Å². The molecule has 0 unspecified atom stereocenters. The Hall–Kier alpha value is -0.130. The molecule has 1 N–H and O–H groups in total. The Labute approximate surface area is 129 Å². The van der Waals surface area contributed by atoms with E-state index in [2.05, 4.69) is 55.5 Å². The first-order valence-electron chi connectivity index (χ1n) is 6.85. The lowest BCUT2D eigenvalue weighted by Crippen LogP contribution is -2.29. The van der Waals surface area contributed by atoms with Crippen LogP contribution in [0.1, 0.15) is 26.3 Å². The first-order chi connectivity index (χ1) is 8.91. The molecule has 0 aromatic heterocycles. The standard InChI is InChI=1S/C16H23IO2/c1-16(2,3)15(18)13-12(14(13)17)10-19-9-11-7-5-4-6-8-11/h4-8,12-15,18H,9-10H2,1-3H3/t12-,13-,14-,15-/m1/s1. The zero-order valence-corrected chi connectivity index (χ0v) is 14.0. The SMILES string of the molecule is CC(C)(C)[C@H](O)[C@H]1[C@H](I)[C@@H]1COCc1ccccc1. The molecular formula is C16H23IO2. The lowest BCUT2D eigenvalue weighted by molar-refractivity contribution is 0.0299. The second-order valence-electron chi connectivity index (χ2n) is 6.50. The maximum Gasteiger partial charge on any atom is 0.0717 e. The number of aliphatic hydroxyl groups excluding tert-OH is 1. The molecule has 106 valence electrons. The van der Waals surface area contributed by atoms with Crippen LogP contribution in [0.2, 0.25) is 0 Å². The number of hydrogen-bond donors (Lipinski definition) is 1. The van der Waals surface area contributed by atoms with Gasteiger partial charge in [0.05, 0.1) is 19.3 Å². The highest BCUT2D eigenvalue weighted by atomic mass is 127. The second-order valence-corrected chi connectivity index (χ2v) is 7.94. The summed E-state index contributed by atoms with van der Waals surface area (Å²) >= 11 is 2.45. The molecular weight excluding hydrogens is 351 g/mol. The minimum Gasteiger partial charge on any atom is -0.392 e. The lowest BCUT2D eigenvalue weighted by Gasteiger charge is -2.26. The Morgan fingerprint density at radius 2 is 1.89 bits per heavy atom. The molecule has 1 aromatic rings. The third-order valence-corrected chi connectivity index (χ3v) is 5.56. The average Bonchev–Trinajstić information content (AvgIpc) is 2.99. The van der Waals surface area contributed by atoms with E-state index in [1.807, 2.05) is 18.2 Å². The van der Waals surface area contributed by atoms with Crippen molar-refractivity contribution in [3.8, 4) is 0 Å². The van der Waals surface area contributed by atoms with Gasteiger partial charge in [-0.25, -0.2) is 0 Å². The van der Waals surface area contributed by atoms with E-state index in [4.69, 9.17) is 4.74 Å². The molecule has 1 aliphatic rings. The molecule has 0 aliphatic heterocycles. The van der Waals surface area contributed by atoms with Crippen LogP contribution in [0.4, 0.5) is 0 Å². The zero-order valence-electron chi connectivity index (χ0n) is 11.8. The smallest absolute Gasteiger partial charge is 0.0717 e. The molecule has 0 amide bonds. The summed E-state index contributed by atoms with van der Waals surface area (Å²) in [6, 6.07) is 10.2. The summed E-state index contributed by atoms with van der Waals surface area (Å²) in [5, 5.41) is 10.3. The molecule has 0 spiro atoms. The van der Waals surface area contributed by atoms with Crippen LogP contribution in [0.3, 0.4) is 0 Å². The predicted molar refractivity (Wildman–Crippen MR) is 86.3 cm³/mol. The van der Waals surface area contributed by atoms with Gasteiger partial charge in [-0.1, -0.05) is 73.7 Å². The number of hydrogen-bond acceptors (Lipinski definition) is 2. The minimum atomic E-state index is -0.236. The molecule has 19 heavy (non-hydrogen) atoms. The van der Waals surface area contributed by atoms with Gasteiger partial charge >= 0.3 is 0 Å². The third-order valence-electron chi connectivity index (χ3n) is 3.80. The fourth-order valence-corrected chi connectivity index (χ4v) is 3.81. The normalized spacial score (nSPS) is 28.2. The first kappa shape index (κ1) is 15.3. The van der Waals surface area contributed by atoms with E-state index >= 15 is 0 Å². The van der Waals surface area contributed by atoms with Crippen LogP contribution in [0, 0.1) is 17.3 Å². The summed E-state index contributed by atoms with van der Waals surface area (Å²) in [5.74, 6) is 0.884. The summed E-state index contributed by atoms with van der Waals surface area (Å²) < 4.78 is 6.34. The van der Waals surface area contributed by atoms with E-state index in [-0.39, 0.29) is 11.5 Å². The fourth-order valence-electron chi connectivity index (χ4n) is 2.43. The Kier molecular flexibility index (Phi) is 4.90. The van der Waals surface area contributed by atoms with Crippen molar-refractivity contribution in [2.45, 2.75) is 37.4 Å². The van der Waals surface area contributed by atoms with Crippen LogP contribution in [0.15, 0.2) is 30.3 Å². The van der Waals surface area contributed by atoms with Crippen LogP contribution in [0.25, 0.3) is 0 Å². The van der Waals surface area contributed by atoms with Gasteiger partial charge in [-0.05, 0) is 11.0 Å². The number of aliphatic hydroxyl groups is 1. The molecule has 0 saturated heterocycles. The van der Waals surface area contributed by atoms with Gasteiger partial charge in [0, 0.05) is 15.8 Å². The van der Waals surface area contributed by atoms with Crippen molar-refractivity contribution >= 4 is 22.6 Å². The summed E-state index contributed by atoms with van der Waals surface area (Å²) in [5.41, 5.74) is 1.17. The fraction of sp³-hybridized carbons (Fsp3) is 0.625. The van der Waals surface area contributed by atoms with Gasteiger partial charge in [0.15, 0.2) is 0 Å². The lowest BCUT2D eigenvalue weighted by atomic mass is 9.86. The predicted octanol–water partition coefficient (Wildman–Crippen LogP) is 3.66. The summed E-state index contributed by atoms with van der Waals surface area (Å²) in [4.78, 5) is 0. The monoisotopic (exact) mass is 374 g/mol. The van der Waals surface area contributed by atoms with Crippen LogP contribution in [0.5, 0.6) is 0 Å². The molecule has 4 atom stereocenters. The maximum atomic E-state index is 10.3. The Morgan fingerprint density at radius 3 is 2.47 bits per heavy atom. The number of halogens is 1. The highest BCUT2D eigenvalue weighted by Gasteiger charge is 2.54. The Balaban J connectivity index is 1.76. The summed E-state index contributed by atoms with van der Waals surface area (Å²) in [6.45, 7) is 7.71. The van der Waals surface area contributed by atoms with E-state index < -0.39 is 0 Å². The molecule has 1 fully saturated rings. The number of rotatable bonds is 5. The molecule has 2 nitrogen and oxygen atoms in total. The third kappa shape index (κ3) is 3.92. The highest BCUT2D eigenvalue weighted by Crippen LogP contribution is 2.51. The van der Waals surface area contributed by atoms with Crippen molar-refractivity contribution in [2.75, 3.05) is 6.61 Å². The minimum absolute atomic E-state index is 0.0394. The van der Waals surface area contributed by atoms with Gasteiger partial charge in [-0.3, -0.25) is 0 Å². The second kappa shape index (κ2) is 6.10. The molecule has 1 aliphatic carbocycles. The molecule has 1 saturated carbocycles. The first-order valence-corrected chi connectivity index (χ1v) is 8.09. The maximum absolute atomic E-state index is 10.3. The van der Waals surface area contributed by atoms with Crippen LogP contribution in [-0.4, -0.2) is 21.7 Å². The van der Waals surface area contributed by atoms with Gasteiger partial charge in [0.2, 0.25) is 0 Å². The van der Waals surface area contributed by atoms with E-state index in [0.717, 1.165) is 6.61 Å². The van der Waals surface area contributed by atoms with E-state index in [0.29, 0.717) is 22.4 Å². The highest BCUT2D eigenvalue weighted by molar-refractivity contribution is 14.1. The van der Waals surface area contributed by atoms with Gasteiger partial charge in [0.1, 0.15) is 0 Å². The van der Waals surface area contributed by atoms with Gasteiger partial charge < -0.3 is 9.84 Å². The topological polar surface area (TPSA) is 29.5 Å². The molecule has 2 rings (SSSR count). The Bertz CT molecular complexity index is 399. The van der Waals surface area contributed by atoms with Gasteiger partial charge in [0.25, 0.3) is 0 Å². The van der Waals surface area contributed by atoms with Gasteiger partial charge in [-0.2, -0.15) is 0 Å². The van der Waals surface area contributed by atoms with E-state index in [9.17, 15) is 5.11 Å². The zero-order chi connectivity index (χ0) is 14.0. The van der Waals surface area contributed by atoms with Crippen molar-refractivity contribution in [3.63, 3.8) is 0 Å². The Morgan fingerprint density at radius 1 is 1.26 bits per heavy atom. The average molecular weight is 374 g/mol. The van der Waals surface area contributed by atoms with E-state index in [1.54, 1.807) is 0 Å². The van der Waals surface area contributed by atoms with Crippen molar-refractivity contribution in [1.82, 2.24) is 0 Å². The summed E-state index contributed by atoms with van der Waals surface area (Å²) in [7, 11) is 0. The van der Waals surface area contributed by atoms with Crippen LogP contribution < -0.4 is 0 Å². The van der Waals surface area contributed by atoms with Crippen LogP contribution in [-0.2, 0) is 11.3 Å². The molecule has 0 bridgehead atoms. The molecule has 1 aromatic carbocycles. The number of benzene rings is 1. The quantitative estimate of drug-likeness (QED) is 0.630. The van der Waals surface area contributed by atoms with Crippen LogP contribution >= 0.6 is 22.6 Å². The molecule has 3 heteroatoms. The van der Waals surface area contributed by atoms with Crippen molar-refractivity contribution in [1.29, 1.82) is 0 Å². The van der Waals surface area contributed by atoms with Crippen molar-refractivity contribution < 1.29 is 9.84 Å². The van der Waals surface area contributed by atoms with E-state index in [1.165, 1.54) is 5.56 Å². The summed E-state index contributed by atoms with van der Waals surface area (Å²) in [6.07, 6.45) is -0.236. The number of alkyl halides is 1. The largest absolute Gasteiger partial charge is 0.392 e.